The molecule has 9 heteroatoms. The summed E-state index contributed by atoms with van der Waals surface area (Å²) < 4.78 is 22.9. The third kappa shape index (κ3) is 68.5. The minimum Gasteiger partial charge on any atom is -0.477 e. The van der Waals surface area contributed by atoms with Gasteiger partial charge in [-0.05, 0) is 116 Å². The molecule has 0 saturated carbocycles. The van der Waals surface area contributed by atoms with E-state index in [1.54, 1.807) is 0 Å². The predicted octanol–water partition coefficient (Wildman–Crippen LogP) is 21.9. The number of hydrogen-bond acceptors (Lipinski definition) is 7. The fraction of sp³-hybridized carbons (Fsp3) is 0.654. The number of esters is 2. The molecule has 0 aliphatic carbocycles. The summed E-state index contributed by atoms with van der Waals surface area (Å²) in [5.41, 5.74) is 0. The van der Waals surface area contributed by atoms with E-state index in [4.69, 9.17) is 18.9 Å². The Morgan fingerprint density at radius 3 is 0.920 bits per heavy atom. The minimum atomic E-state index is -1.52. The number of carboxylic acids is 1. The lowest BCUT2D eigenvalue weighted by Gasteiger charge is -2.25. The second-order valence-corrected chi connectivity index (χ2v) is 24.1. The summed E-state index contributed by atoms with van der Waals surface area (Å²) in [6.45, 7) is 4.63. The molecule has 0 aromatic heterocycles. The van der Waals surface area contributed by atoms with Crippen LogP contribution in [-0.2, 0) is 33.3 Å². The summed E-state index contributed by atoms with van der Waals surface area (Å²) in [6.07, 6.45) is 95.4. The Morgan fingerprint density at radius 1 is 0.345 bits per heavy atom. The molecule has 0 aromatic carbocycles. The van der Waals surface area contributed by atoms with E-state index < -0.39 is 24.3 Å². The van der Waals surface area contributed by atoms with Gasteiger partial charge in [-0.2, -0.15) is 0 Å². The van der Waals surface area contributed by atoms with Crippen LogP contribution in [0.15, 0.2) is 146 Å². The lowest BCUT2D eigenvalue weighted by atomic mass is 10.0. The maximum Gasteiger partial charge on any atom is 0.361 e. The van der Waals surface area contributed by atoms with Crippen molar-refractivity contribution in [1.29, 1.82) is 0 Å². The minimum absolute atomic E-state index is 0.179. The summed E-state index contributed by atoms with van der Waals surface area (Å²) in [4.78, 5) is 37.6. The van der Waals surface area contributed by atoms with Crippen molar-refractivity contribution in [2.75, 3.05) is 47.5 Å². The van der Waals surface area contributed by atoms with Gasteiger partial charge in [-0.25, -0.2) is 4.79 Å². The van der Waals surface area contributed by atoms with Gasteiger partial charge in [0.2, 0.25) is 0 Å². The van der Waals surface area contributed by atoms with E-state index in [-0.39, 0.29) is 38.6 Å². The van der Waals surface area contributed by atoms with Gasteiger partial charge in [0.25, 0.3) is 6.29 Å². The zero-order valence-electron chi connectivity index (χ0n) is 56.4. The molecule has 494 valence electrons. The van der Waals surface area contributed by atoms with Crippen molar-refractivity contribution in [3.05, 3.63) is 146 Å². The number of ether oxygens (including phenoxy) is 4. The molecule has 0 fully saturated rings. The molecule has 0 spiro atoms. The molecule has 9 nitrogen and oxygen atoms in total. The normalized spacial score (nSPS) is 13.6. The lowest BCUT2D eigenvalue weighted by molar-refractivity contribution is -0.870. The molecule has 0 aliphatic heterocycles. The van der Waals surface area contributed by atoms with Crippen LogP contribution in [0.4, 0.5) is 0 Å². The molecule has 0 saturated heterocycles. The Kier molecular flexibility index (Phi) is 63.4. The SMILES string of the molecule is CC/C=C\C/C=C\C/C=C\C/C=C\C/C=C\C/C=C\C/C=C\CCCCCCCCCCCCCCCCCCCCCC(=O)OC(COC(=O)CCCCCCC/C=C\C/C=C\C/C=C\C/C=C\C/C=C\CC)COC(OCC[N+](C)(C)C)C(=O)O. The van der Waals surface area contributed by atoms with Gasteiger partial charge in [0, 0.05) is 12.8 Å². The maximum absolute atomic E-state index is 12.9. The van der Waals surface area contributed by atoms with Gasteiger partial charge < -0.3 is 28.5 Å². The first-order chi connectivity index (χ1) is 42.6. The van der Waals surface area contributed by atoms with Crippen molar-refractivity contribution < 1.29 is 42.9 Å². The van der Waals surface area contributed by atoms with Gasteiger partial charge in [0.05, 0.1) is 34.4 Å². The Bertz CT molecular complexity index is 1940. The number of nitrogens with zero attached hydrogens (tertiary/aromatic N) is 1. The van der Waals surface area contributed by atoms with Gasteiger partial charge in [-0.15, -0.1) is 0 Å². The quantitative estimate of drug-likeness (QED) is 0.0211. The van der Waals surface area contributed by atoms with Crippen molar-refractivity contribution in [2.45, 2.75) is 283 Å². The van der Waals surface area contributed by atoms with Gasteiger partial charge in [-0.1, -0.05) is 288 Å². The summed E-state index contributed by atoms with van der Waals surface area (Å²) in [6, 6.07) is 0. The predicted molar refractivity (Wildman–Crippen MR) is 373 cm³/mol. The number of carbonyl (C=O) groups excluding carboxylic acids is 2. The molecule has 2 unspecified atom stereocenters. The molecule has 0 bridgehead atoms. The number of aliphatic carboxylic acids is 1. The zero-order valence-corrected chi connectivity index (χ0v) is 56.4. The van der Waals surface area contributed by atoms with E-state index in [9.17, 15) is 19.5 Å². The smallest absolute Gasteiger partial charge is 0.361 e. The number of hydrogen-bond donors (Lipinski definition) is 1. The topological polar surface area (TPSA) is 108 Å². The van der Waals surface area contributed by atoms with Gasteiger partial charge in [-0.3, -0.25) is 9.59 Å². The fourth-order valence-corrected chi connectivity index (χ4v) is 9.32. The van der Waals surface area contributed by atoms with E-state index >= 15 is 0 Å². The van der Waals surface area contributed by atoms with Crippen LogP contribution in [0.5, 0.6) is 0 Å². The molecule has 0 aromatic rings. The van der Waals surface area contributed by atoms with Crippen molar-refractivity contribution in [3.8, 4) is 0 Å². The molecule has 0 amide bonds. The lowest BCUT2D eigenvalue weighted by Crippen LogP contribution is -2.40. The van der Waals surface area contributed by atoms with Crippen LogP contribution < -0.4 is 0 Å². The first kappa shape index (κ1) is 82.2. The van der Waals surface area contributed by atoms with Crippen LogP contribution in [0.3, 0.4) is 0 Å². The Labute approximate surface area is 534 Å². The molecule has 0 rings (SSSR count). The number of unbranched alkanes of at least 4 members (excludes halogenated alkanes) is 24. The number of rotatable bonds is 63. The van der Waals surface area contributed by atoms with Gasteiger partial charge >= 0.3 is 17.9 Å². The van der Waals surface area contributed by atoms with Gasteiger partial charge in [0.1, 0.15) is 13.2 Å². The van der Waals surface area contributed by atoms with Crippen LogP contribution in [0.2, 0.25) is 0 Å². The highest BCUT2D eigenvalue weighted by molar-refractivity contribution is 5.71. The zero-order chi connectivity index (χ0) is 63.3. The first-order valence-electron chi connectivity index (χ1n) is 35.0. The van der Waals surface area contributed by atoms with Crippen molar-refractivity contribution in [2.24, 2.45) is 0 Å². The molecule has 87 heavy (non-hydrogen) atoms. The summed E-state index contributed by atoms with van der Waals surface area (Å²) in [7, 11) is 5.96. The van der Waals surface area contributed by atoms with E-state index in [0.717, 1.165) is 128 Å². The maximum atomic E-state index is 12.9. The average Bonchev–Trinajstić information content (AvgIpc) is 3.59. The van der Waals surface area contributed by atoms with Gasteiger partial charge in [0.15, 0.2) is 6.10 Å². The average molecular weight is 1210 g/mol. The van der Waals surface area contributed by atoms with Crippen LogP contribution in [-0.4, -0.2) is 87.4 Å². The van der Waals surface area contributed by atoms with Crippen LogP contribution >= 0.6 is 0 Å². The number of allylic oxidation sites excluding steroid dienone is 24. The highest BCUT2D eigenvalue weighted by atomic mass is 16.7. The summed E-state index contributed by atoms with van der Waals surface area (Å²) in [5.74, 6) is -2.03. The van der Waals surface area contributed by atoms with Crippen LogP contribution in [0, 0.1) is 0 Å². The number of carboxylic acid groups (broad SMARTS) is 1. The molecule has 0 aliphatic rings. The standard InChI is InChI=1S/C78H129NO8/c1-6-8-10-12-14-16-18-20-22-24-26-28-29-30-31-32-33-34-35-36-37-38-39-40-41-42-43-44-45-46-47-49-51-53-55-57-59-61-63-65-67-69-76(81)87-74(73-86-78(77(82)83)84-71-70-79(3,4)5)72-85-75(80)68-66-64-62-60-58-56-54-52-50-48-27-25-23-21-19-17-15-13-11-9-7-2/h8-11,14-17,20-23,26-28,30-31,33-34,36-37,48,52,54,74,78H,6-7,12-13,18-19,24-25,29,32,35,38-47,49-51,53,55-73H2,1-5H3/p+1/b10-8-,11-9-,16-14-,17-15-,22-20-,23-21-,28-26-,31-30-,34-33-,37-36-,48-27-,54-52-. The van der Waals surface area contributed by atoms with Crippen molar-refractivity contribution >= 4 is 17.9 Å². The second kappa shape index (κ2) is 67.1. The highest BCUT2D eigenvalue weighted by Crippen LogP contribution is 2.17. The monoisotopic (exact) mass is 1210 g/mol. The van der Waals surface area contributed by atoms with Crippen LogP contribution in [0.25, 0.3) is 0 Å². The third-order valence-corrected chi connectivity index (χ3v) is 14.6. The number of likely N-dealkylation sites (N-methyl/N-ethyl adjacent to an activating group) is 1. The molecular formula is C78H130NO8+. The third-order valence-electron chi connectivity index (χ3n) is 14.6. The van der Waals surface area contributed by atoms with Crippen molar-refractivity contribution in [1.82, 2.24) is 0 Å². The number of quaternary nitrogens is 1. The van der Waals surface area contributed by atoms with E-state index in [1.807, 2.05) is 21.1 Å². The van der Waals surface area contributed by atoms with Crippen LogP contribution in [0.1, 0.15) is 271 Å². The second-order valence-electron chi connectivity index (χ2n) is 24.1. The largest absolute Gasteiger partial charge is 0.477 e. The van der Waals surface area contributed by atoms with E-state index in [2.05, 4.69) is 160 Å². The highest BCUT2D eigenvalue weighted by Gasteiger charge is 2.25. The Morgan fingerprint density at radius 2 is 0.621 bits per heavy atom. The molecule has 0 heterocycles. The fourth-order valence-electron chi connectivity index (χ4n) is 9.32. The summed E-state index contributed by atoms with van der Waals surface area (Å²) >= 11 is 0. The number of carbonyl (C=O) groups is 3. The molecule has 1 N–H and O–H groups in total. The summed E-state index contributed by atoms with van der Waals surface area (Å²) in [5, 5.41) is 9.74. The Balaban J connectivity index is 4.08. The molecular weight excluding hydrogens is 1080 g/mol. The first-order valence-corrected chi connectivity index (χ1v) is 35.0. The Hall–Kier alpha value is -4.83. The molecule has 2 atom stereocenters. The van der Waals surface area contributed by atoms with E-state index in [0.29, 0.717) is 17.4 Å². The van der Waals surface area contributed by atoms with E-state index in [1.165, 1.54) is 109 Å². The molecule has 0 radical (unpaired) electrons. The van der Waals surface area contributed by atoms with Crippen molar-refractivity contribution in [3.63, 3.8) is 0 Å².